The molecular weight excluding hydrogens is 210 g/mol. The Morgan fingerprint density at radius 3 is 2.53 bits per heavy atom. The Balaban J connectivity index is 1.87. The van der Waals surface area contributed by atoms with Crippen molar-refractivity contribution < 1.29 is 0 Å². The Kier molecular flexibility index (Phi) is 4.15. The van der Waals surface area contributed by atoms with Gasteiger partial charge >= 0.3 is 0 Å². The van der Waals surface area contributed by atoms with Crippen molar-refractivity contribution >= 4 is 0 Å². The molecule has 94 valence electrons. The lowest BCUT2D eigenvalue weighted by atomic mass is 10.0. The van der Waals surface area contributed by atoms with E-state index in [2.05, 4.69) is 54.4 Å². The second kappa shape index (κ2) is 5.63. The van der Waals surface area contributed by atoms with Crippen molar-refractivity contribution in [3.05, 3.63) is 34.9 Å². The molecule has 1 fully saturated rings. The SMILES string of the molecule is Cc1cccc(CNN2CCN(C)CC2)c1C. The van der Waals surface area contributed by atoms with E-state index >= 15 is 0 Å². The van der Waals surface area contributed by atoms with Crippen LogP contribution in [0.25, 0.3) is 0 Å². The number of aryl methyl sites for hydroxylation is 1. The topological polar surface area (TPSA) is 18.5 Å². The number of hydrogen-bond donors (Lipinski definition) is 1. The Labute approximate surface area is 104 Å². The molecule has 1 N–H and O–H groups in total. The van der Waals surface area contributed by atoms with Crippen molar-refractivity contribution in [3.8, 4) is 0 Å². The summed E-state index contributed by atoms with van der Waals surface area (Å²) in [5.74, 6) is 0. The van der Waals surface area contributed by atoms with E-state index < -0.39 is 0 Å². The maximum absolute atomic E-state index is 3.53. The van der Waals surface area contributed by atoms with Crippen molar-refractivity contribution in [2.24, 2.45) is 0 Å². The molecule has 17 heavy (non-hydrogen) atoms. The van der Waals surface area contributed by atoms with E-state index in [0.717, 1.165) is 32.7 Å². The van der Waals surface area contributed by atoms with Crippen LogP contribution in [0.4, 0.5) is 0 Å². The first-order valence-corrected chi connectivity index (χ1v) is 6.39. The molecule has 0 atom stereocenters. The first-order chi connectivity index (χ1) is 8.16. The van der Waals surface area contributed by atoms with Crippen molar-refractivity contribution in [3.63, 3.8) is 0 Å². The number of hydrazine groups is 1. The lowest BCUT2D eigenvalue weighted by Gasteiger charge is -2.32. The molecule has 1 heterocycles. The molecule has 3 heteroatoms. The highest BCUT2D eigenvalue weighted by Gasteiger charge is 2.13. The maximum atomic E-state index is 3.53. The van der Waals surface area contributed by atoms with Crippen LogP contribution in [-0.4, -0.2) is 43.1 Å². The fourth-order valence-electron chi connectivity index (χ4n) is 2.16. The van der Waals surface area contributed by atoms with Gasteiger partial charge in [-0.15, -0.1) is 0 Å². The fraction of sp³-hybridized carbons (Fsp3) is 0.571. The minimum absolute atomic E-state index is 0.942. The molecule has 0 spiro atoms. The minimum Gasteiger partial charge on any atom is -0.304 e. The summed E-state index contributed by atoms with van der Waals surface area (Å²) in [7, 11) is 2.18. The summed E-state index contributed by atoms with van der Waals surface area (Å²) in [6, 6.07) is 6.53. The fourth-order valence-corrected chi connectivity index (χ4v) is 2.16. The van der Waals surface area contributed by atoms with Gasteiger partial charge in [0, 0.05) is 32.7 Å². The van der Waals surface area contributed by atoms with Crippen LogP contribution in [0.3, 0.4) is 0 Å². The molecule has 1 aromatic carbocycles. The van der Waals surface area contributed by atoms with Crippen LogP contribution >= 0.6 is 0 Å². The van der Waals surface area contributed by atoms with E-state index in [0.29, 0.717) is 0 Å². The number of hydrogen-bond acceptors (Lipinski definition) is 3. The summed E-state index contributed by atoms with van der Waals surface area (Å²) in [4.78, 5) is 2.37. The summed E-state index contributed by atoms with van der Waals surface area (Å²) in [6.45, 7) is 9.85. The van der Waals surface area contributed by atoms with Crippen molar-refractivity contribution in [1.82, 2.24) is 15.3 Å². The Bertz CT molecular complexity index is 368. The number of piperazine rings is 1. The Morgan fingerprint density at radius 1 is 1.12 bits per heavy atom. The van der Waals surface area contributed by atoms with Gasteiger partial charge < -0.3 is 4.90 Å². The van der Waals surface area contributed by atoms with E-state index in [-0.39, 0.29) is 0 Å². The van der Waals surface area contributed by atoms with Crippen LogP contribution < -0.4 is 5.43 Å². The van der Waals surface area contributed by atoms with Crippen molar-refractivity contribution in [1.29, 1.82) is 0 Å². The van der Waals surface area contributed by atoms with Crippen LogP contribution in [0.1, 0.15) is 16.7 Å². The van der Waals surface area contributed by atoms with Gasteiger partial charge in [0.2, 0.25) is 0 Å². The van der Waals surface area contributed by atoms with Gasteiger partial charge in [-0.1, -0.05) is 18.2 Å². The van der Waals surface area contributed by atoms with E-state index in [1.54, 1.807) is 0 Å². The maximum Gasteiger partial charge on any atom is 0.0356 e. The van der Waals surface area contributed by atoms with E-state index in [1.807, 2.05) is 0 Å². The van der Waals surface area contributed by atoms with Gasteiger partial charge in [0.25, 0.3) is 0 Å². The van der Waals surface area contributed by atoms with Gasteiger partial charge in [-0.25, -0.2) is 5.01 Å². The first-order valence-electron chi connectivity index (χ1n) is 6.39. The van der Waals surface area contributed by atoms with Crippen molar-refractivity contribution in [2.75, 3.05) is 33.2 Å². The average Bonchev–Trinajstić information content (AvgIpc) is 2.33. The normalized spacial score (nSPS) is 18.5. The quantitative estimate of drug-likeness (QED) is 0.854. The van der Waals surface area contributed by atoms with Crippen molar-refractivity contribution in [2.45, 2.75) is 20.4 Å². The summed E-state index contributed by atoms with van der Waals surface area (Å²) >= 11 is 0. The van der Waals surface area contributed by atoms with E-state index in [4.69, 9.17) is 0 Å². The monoisotopic (exact) mass is 233 g/mol. The minimum atomic E-state index is 0.942. The second-order valence-corrected chi connectivity index (χ2v) is 4.98. The van der Waals surface area contributed by atoms with Gasteiger partial charge in [0.1, 0.15) is 0 Å². The standard InChI is InChI=1S/C14H23N3/c1-12-5-4-6-14(13(12)2)11-15-17-9-7-16(3)8-10-17/h4-6,15H,7-11H2,1-3H3. The van der Waals surface area contributed by atoms with Gasteiger partial charge in [-0.3, -0.25) is 5.43 Å². The third kappa shape index (κ3) is 3.28. The summed E-state index contributed by atoms with van der Waals surface area (Å²) in [5, 5.41) is 2.34. The predicted molar refractivity (Wildman–Crippen MR) is 71.8 cm³/mol. The van der Waals surface area contributed by atoms with Gasteiger partial charge in [-0.05, 0) is 37.6 Å². The molecule has 3 nitrogen and oxygen atoms in total. The highest BCUT2D eigenvalue weighted by molar-refractivity contribution is 5.32. The van der Waals surface area contributed by atoms with E-state index in [9.17, 15) is 0 Å². The third-order valence-corrected chi connectivity index (χ3v) is 3.71. The number of rotatable bonds is 3. The van der Waals surface area contributed by atoms with Gasteiger partial charge in [-0.2, -0.15) is 0 Å². The summed E-state index contributed by atoms with van der Waals surface area (Å²) in [5.41, 5.74) is 7.73. The lowest BCUT2D eigenvalue weighted by Crippen LogP contribution is -2.50. The largest absolute Gasteiger partial charge is 0.304 e. The van der Waals surface area contributed by atoms with Gasteiger partial charge in [0.05, 0.1) is 0 Å². The Hall–Kier alpha value is -0.900. The zero-order valence-corrected chi connectivity index (χ0v) is 11.2. The van der Waals surface area contributed by atoms with Crippen LogP contribution in [0.5, 0.6) is 0 Å². The van der Waals surface area contributed by atoms with Crippen LogP contribution in [0.15, 0.2) is 18.2 Å². The first kappa shape index (κ1) is 12.6. The molecule has 0 saturated carbocycles. The molecule has 0 unspecified atom stereocenters. The molecule has 1 aliphatic rings. The number of nitrogens with zero attached hydrogens (tertiary/aromatic N) is 2. The van der Waals surface area contributed by atoms with E-state index in [1.165, 1.54) is 16.7 Å². The van der Waals surface area contributed by atoms with Crippen LogP contribution in [-0.2, 0) is 6.54 Å². The number of nitrogens with one attached hydrogen (secondary N) is 1. The number of likely N-dealkylation sites (N-methyl/N-ethyl adjacent to an activating group) is 1. The zero-order chi connectivity index (χ0) is 12.3. The molecule has 1 saturated heterocycles. The molecule has 1 aliphatic heterocycles. The molecule has 2 rings (SSSR count). The smallest absolute Gasteiger partial charge is 0.0356 e. The van der Waals surface area contributed by atoms with Gasteiger partial charge in [0.15, 0.2) is 0 Å². The lowest BCUT2D eigenvalue weighted by molar-refractivity contribution is 0.102. The average molecular weight is 233 g/mol. The molecule has 0 amide bonds. The highest BCUT2D eigenvalue weighted by atomic mass is 15.5. The highest BCUT2D eigenvalue weighted by Crippen LogP contribution is 2.12. The Morgan fingerprint density at radius 2 is 1.82 bits per heavy atom. The number of benzene rings is 1. The zero-order valence-electron chi connectivity index (χ0n) is 11.2. The third-order valence-electron chi connectivity index (χ3n) is 3.71. The molecule has 0 bridgehead atoms. The predicted octanol–water partition coefficient (Wildman–Crippen LogP) is 1.56. The summed E-state index contributed by atoms with van der Waals surface area (Å²) in [6.07, 6.45) is 0. The van der Waals surface area contributed by atoms with Crippen LogP contribution in [0, 0.1) is 13.8 Å². The molecule has 0 aromatic heterocycles. The second-order valence-electron chi connectivity index (χ2n) is 4.98. The molecule has 0 radical (unpaired) electrons. The summed E-state index contributed by atoms with van der Waals surface area (Å²) < 4.78 is 0. The molecule has 0 aliphatic carbocycles. The van der Waals surface area contributed by atoms with Crippen LogP contribution in [0.2, 0.25) is 0 Å². The molecule has 1 aromatic rings. The molecular formula is C14H23N3.